The standard InChI is InChI=1S/C21H24N2O4/c1-22(13-16-9-10-18(26-2)19(11-16)27-3)17-12-20(24)23(21(17)25)14-15-7-5-4-6-8-15/h4-11,17H,12-14H2,1-3H3. The minimum atomic E-state index is -0.450. The van der Waals surface area contributed by atoms with Crippen molar-refractivity contribution in [1.82, 2.24) is 9.80 Å². The van der Waals surface area contributed by atoms with Crippen molar-refractivity contribution in [2.45, 2.75) is 25.6 Å². The van der Waals surface area contributed by atoms with Crippen LogP contribution in [0.5, 0.6) is 11.5 Å². The average Bonchev–Trinajstić information content (AvgIpc) is 2.97. The van der Waals surface area contributed by atoms with Gasteiger partial charge in [-0.25, -0.2) is 0 Å². The third-order valence-electron chi connectivity index (χ3n) is 4.82. The van der Waals surface area contributed by atoms with Crippen molar-refractivity contribution >= 4 is 11.8 Å². The summed E-state index contributed by atoms with van der Waals surface area (Å²) in [5.74, 6) is 1.02. The first-order chi connectivity index (χ1) is 13.0. The summed E-state index contributed by atoms with van der Waals surface area (Å²) < 4.78 is 10.6. The van der Waals surface area contributed by atoms with Gasteiger partial charge in [0.1, 0.15) is 0 Å². The number of methoxy groups -OCH3 is 2. The minimum absolute atomic E-state index is 0.131. The number of imide groups is 1. The molecule has 0 bridgehead atoms. The Morgan fingerprint density at radius 3 is 2.37 bits per heavy atom. The number of rotatable bonds is 7. The fourth-order valence-corrected chi connectivity index (χ4v) is 3.32. The second-order valence-corrected chi connectivity index (χ2v) is 6.63. The molecular formula is C21H24N2O4. The van der Waals surface area contributed by atoms with E-state index in [0.29, 0.717) is 24.6 Å². The van der Waals surface area contributed by atoms with E-state index in [4.69, 9.17) is 9.47 Å². The number of amides is 2. The van der Waals surface area contributed by atoms with Gasteiger partial charge in [-0.2, -0.15) is 0 Å². The number of ether oxygens (including phenoxy) is 2. The maximum atomic E-state index is 12.8. The molecule has 2 aromatic rings. The van der Waals surface area contributed by atoms with Gasteiger partial charge in [0.15, 0.2) is 11.5 Å². The molecule has 0 aliphatic carbocycles. The van der Waals surface area contributed by atoms with E-state index in [0.717, 1.165) is 11.1 Å². The van der Waals surface area contributed by atoms with Gasteiger partial charge in [-0.3, -0.25) is 19.4 Å². The third kappa shape index (κ3) is 4.11. The number of likely N-dealkylation sites (N-methyl/N-ethyl adjacent to an activating group) is 1. The number of hydrogen-bond donors (Lipinski definition) is 0. The predicted octanol–water partition coefficient (Wildman–Crippen LogP) is 2.46. The Morgan fingerprint density at radius 1 is 1.00 bits per heavy atom. The van der Waals surface area contributed by atoms with Crippen molar-refractivity contribution < 1.29 is 19.1 Å². The van der Waals surface area contributed by atoms with Crippen LogP contribution in [0.15, 0.2) is 48.5 Å². The van der Waals surface area contributed by atoms with Crippen molar-refractivity contribution in [3.63, 3.8) is 0 Å². The van der Waals surface area contributed by atoms with Crippen molar-refractivity contribution in [3.05, 3.63) is 59.7 Å². The zero-order valence-corrected chi connectivity index (χ0v) is 15.8. The summed E-state index contributed by atoms with van der Waals surface area (Å²) in [6.07, 6.45) is 0.204. The van der Waals surface area contributed by atoms with E-state index >= 15 is 0 Å². The van der Waals surface area contributed by atoms with Crippen LogP contribution < -0.4 is 9.47 Å². The molecule has 1 heterocycles. The lowest BCUT2D eigenvalue weighted by atomic mass is 10.1. The van der Waals surface area contributed by atoms with Crippen molar-refractivity contribution in [3.8, 4) is 11.5 Å². The molecule has 1 saturated heterocycles. The van der Waals surface area contributed by atoms with Crippen LogP contribution >= 0.6 is 0 Å². The molecule has 0 N–H and O–H groups in total. The normalized spacial score (nSPS) is 16.9. The average molecular weight is 368 g/mol. The quantitative estimate of drug-likeness (QED) is 0.703. The van der Waals surface area contributed by atoms with E-state index in [1.165, 1.54) is 4.90 Å². The molecule has 27 heavy (non-hydrogen) atoms. The van der Waals surface area contributed by atoms with Crippen LogP contribution in [0.4, 0.5) is 0 Å². The van der Waals surface area contributed by atoms with Crippen LogP contribution in [0.1, 0.15) is 17.5 Å². The number of carbonyl (C=O) groups excluding carboxylic acids is 2. The fraction of sp³-hybridized carbons (Fsp3) is 0.333. The molecule has 1 aliphatic heterocycles. The van der Waals surface area contributed by atoms with Crippen molar-refractivity contribution in [2.75, 3.05) is 21.3 Å². The zero-order chi connectivity index (χ0) is 19.4. The van der Waals surface area contributed by atoms with Gasteiger partial charge in [0, 0.05) is 6.54 Å². The van der Waals surface area contributed by atoms with Gasteiger partial charge in [0.25, 0.3) is 0 Å². The minimum Gasteiger partial charge on any atom is -0.493 e. The van der Waals surface area contributed by atoms with E-state index < -0.39 is 6.04 Å². The number of carbonyl (C=O) groups is 2. The lowest BCUT2D eigenvalue weighted by Gasteiger charge is -2.23. The Kier molecular flexibility index (Phi) is 5.76. The number of likely N-dealkylation sites (tertiary alicyclic amines) is 1. The van der Waals surface area contributed by atoms with E-state index in [-0.39, 0.29) is 18.2 Å². The highest BCUT2D eigenvalue weighted by atomic mass is 16.5. The topological polar surface area (TPSA) is 59.1 Å². The van der Waals surface area contributed by atoms with Gasteiger partial charge in [0.05, 0.1) is 33.2 Å². The number of nitrogens with zero attached hydrogens (tertiary/aromatic N) is 2. The van der Waals surface area contributed by atoms with E-state index in [1.54, 1.807) is 14.2 Å². The van der Waals surface area contributed by atoms with Crippen LogP contribution in [0.2, 0.25) is 0 Å². The molecule has 2 amide bonds. The Hall–Kier alpha value is -2.86. The highest BCUT2D eigenvalue weighted by molar-refractivity contribution is 6.05. The molecule has 1 unspecified atom stereocenters. The zero-order valence-electron chi connectivity index (χ0n) is 15.8. The molecule has 2 aromatic carbocycles. The Labute approximate surface area is 159 Å². The highest BCUT2D eigenvalue weighted by Crippen LogP contribution is 2.29. The van der Waals surface area contributed by atoms with E-state index in [1.807, 2.05) is 60.5 Å². The molecule has 0 spiro atoms. The Morgan fingerprint density at radius 2 is 1.70 bits per heavy atom. The van der Waals surface area contributed by atoms with Gasteiger partial charge in [-0.1, -0.05) is 36.4 Å². The summed E-state index contributed by atoms with van der Waals surface area (Å²) in [6, 6.07) is 14.8. The first kappa shape index (κ1) is 18.9. The lowest BCUT2D eigenvalue weighted by molar-refractivity contribution is -0.140. The van der Waals surface area contributed by atoms with Crippen molar-refractivity contribution in [1.29, 1.82) is 0 Å². The summed E-state index contributed by atoms with van der Waals surface area (Å²) in [5.41, 5.74) is 1.93. The van der Waals surface area contributed by atoms with Crippen LogP contribution in [0, 0.1) is 0 Å². The summed E-state index contributed by atoms with van der Waals surface area (Å²) in [6.45, 7) is 0.850. The summed E-state index contributed by atoms with van der Waals surface area (Å²) in [4.78, 5) is 28.4. The maximum absolute atomic E-state index is 12.8. The maximum Gasteiger partial charge on any atom is 0.247 e. The van der Waals surface area contributed by atoms with Gasteiger partial charge >= 0.3 is 0 Å². The Bertz CT molecular complexity index is 822. The van der Waals surface area contributed by atoms with Crippen LogP contribution in [-0.2, 0) is 22.7 Å². The summed E-state index contributed by atoms with van der Waals surface area (Å²) in [7, 11) is 5.04. The molecule has 3 rings (SSSR count). The monoisotopic (exact) mass is 368 g/mol. The van der Waals surface area contributed by atoms with Gasteiger partial charge in [-0.05, 0) is 30.3 Å². The number of benzene rings is 2. The number of hydrogen-bond acceptors (Lipinski definition) is 5. The Balaban J connectivity index is 1.69. The molecule has 142 valence electrons. The first-order valence-corrected chi connectivity index (χ1v) is 8.82. The second-order valence-electron chi connectivity index (χ2n) is 6.63. The van der Waals surface area contributed by atoms with Gasteiger partial charge in [-0.15, -0.1) is 0 Å². The van der Waals surface area contributed by atoms with Gasteiger partial charge in [0.2, 0.25) is 11.8 Å². The molecule has 1 atom stereocenters. The molecule has 6 nitrogen and oxygen atoms in total. The largest absolute Gasteiger partial charge is 0.493 e. The molecule has 1 fully saturated rings. The molecule has 0 aromatic heterocycles. The molecular weight excluding hydrogens is 344 g/mol. The van der Waals surface area contributed by atoms with E-state index in [2.05, 4.69) is 0 Å². The van der Waals surface area contributed by atoms with Gasteiger partial charge < -0.3 is 9.47 Å². The smallest absolute Gasteiger partial charge is 0.247 e. The summed E-state index contributed by atoms with van der Waals surface area (Å²) in [5, 5.41) is 0. The molecule has 0 radical (unpaired) electrons. The summed E-state index contributed by atoms with van der Waals surface area (Å²) >= 11 is 0. The second kappa shape index (κ2) is 8.22. The SMILES string of the molecule is COc1ccc(CN(C)C2CC(=O)N(Cc3ccccc3)C2=O)cc1OC. The van der Waals surface area contributed by atoms with Crippen LogP contribution in [0.3, 0.4) is 0 Å². The first-order valence-electron chi connectivity index (χ1n) is 8.82. The molecule has 1 aliphatic rings. The molecule has 0 saturated carbocycles. The van der Waals surface area contributed by atoms with Crippen LogP contribution in [-0.4, -0.2) is 48.9 Å². The predicted molar refractivity (Wildman–Crippen MR) is 101 cm³/mol. The highest BCUT2D eigenvalue weighted by Gasteiger charge is 2.40. The van der Waals surface area contributed by atoms with E-state index in [9.17, 15) is 9.59 Å². The van der Waals surface area contributed by atoms with Crippen molar-refractivity contribution in [2.24, 2.45) is 0 Å². The van der Waals surface area contributed by atoms with Crippen LogP contribution in [0.25, 0.3) is 0 Å². The molecule has 6 heteroatoms. The lowest BCUT2D eigenvalue weighted by Crippen LogP contribution is -2.39. The third-order valence-corrected chi connectivity index (χ3v) is 4.82. The fourth-order valence-electron chi connectivity index (χ4n) is 3.32.